The predicted molar refractivity (Wildman–Crippen MR) is 37.1 cm³/mol. The Hall–Kier alpha value is -0.273. The van der Waals surface area contributed by atoms with Crippen LogP contribution in [-0.2, 0) is 11.4 Å². The molecule has 0 fully saturated rings. The molecule has 0 aromatic heterocycles. The molecule has 1 rings (SSSR count). The van der Waals surface area contributed by atoms with E-state index in [9.17, 15) is 8.76 Å². The largest absolute Gasteiger partial charge is 1.00 e. The summed E-state index contributed by atoms with van der Waals surface area (Å²) < 4.78 is 24.2. The summed E-state index contributed by atoms with van der Waals surface area (Å²) in [7, 11) is 0. The molecule has 1 aromatic carbocycles. The van der Waals surface area contributed by atoms with Crippen LogP contribution in [0.2, 0.25) is 0 Å². The van der Waals surface area contributed by atoms with Crippen LogP contribution in [0.25, 0.3) is 0 Å². The Morgan fingerprint density at radius 1 is 1.36 bits per heavy atom. The zero-order valence-corrected chi connectivity index (χ0v) is 6.84. The third kappa shape index (κ3) is 4.22. The second-order valence-corrected chi connectivity index (χ2v) is 2.18. The van der Waals surface area contributed by atoms with E-state index in [2.05, 4.69) is 4.18 Å². The predicted octanol–water partition coefficient (Wildman–Crippen LogP) is -2.02. The van der Waals surface area contributed by atoms with E-state index in [0.29, 0.717) is 5.75 Å². The van der Waals surface area contributed by atoms with Gasteiger partial charge < -0.3 is 10.2 Å². The Labute approximate surface area is 80.9 Å². The maximum atomic E-state index is 9.95. The van der Waals surface area contributed by atoms with Gasteiger partial charge in [0.15, 0.2) is 0 Å². The van der Waals surface area contributed by atoms with Crippen molar-refractivity contribution in [2.45, 2.75) is 0 Å². The average molecular weight is 165 g/mol. The summed E-state index contributed by atoms with van der Waals surface area (Å²) in [5, 5.41) is 0. The third-order valence-corrected chi connectivity index (χ3v) is 1.24. The summed E-state index contributed by atoms with van der Waals surface area (Å²) in [4.78, 5) is 0. The molecule has 0 N–H and O–H groups in total. The SMILES string of the molecule is O=S([O-])Oc1ccccc1.[H-].[Li+]. The first-order valence-corrected chi connectivity index (χ1v) is 3.61. The third-order valence-electron chi connectivity index (χ3n) is 0.907. The van der Waals surface area contributed by atoms with E-state index in [1.165, 1.54) is 0 Å². The molecule has 0 heterocycles. The van der Waals surface area contributed by atoms with Crippen molar-refractivity contribution in [3.05, 3.63) is 30.3 Å². The molecule has 0 spiro atoms. The Kier molecular flexibility index (Phi) is 5.25. The van der Waals surface area contributed by atoms with Gasteiger partial charge in [0.1, 0.15) is 17.1 Å². The van der Waals surface area contributed by atoms with Crippen LogP contribution < -0.4 is 23.0 Å². The Balaban J connectivity index is 0. The van der Waals surface area contributed by atoms with Crippen molar-refractivity contribution in [1.82, 2.24) is 0 Å². The van der Waals surface area contributed by atoms with Gasteiger partial charge in [-0.05, 0) is 12.1 Å². The average Bonchev–Trinajstić information content (AvgIpc) is 1.88. The maximum Gasteiger partial charge on any atom is 1.00 e. The van der Waals surface area contributed by atoms with Gasteiger partial charge in [-0.25, -0.2) is 4.21 Å². The summed E-state index contributed by atoms with van der Waals surface area (Å²) >= 11 is -2.47. The summed E-state index contributed by atoms with van der Waals surface area (Å²) in [6.07, 6.45) is 0. The van der Waals surface area contributed by atoms with E-state index in [1.54, 1.807) is 30.3 Å². The molecule has 0 amide bonds. The molecule has 0 saturated carbocycles. The summed E-state index contributed by atoms with van der Waals surface area (Å²) in [6, 6.07) is 8.30. The molecule has 0 bridgehead atoms. The molecule has 3 nitrogen and oxygen atoms in total. The number of para-hydroxylation sites is 1. The zero-order valence-electron chi connectivity index (χ0n) is 7.02. The maximum absolute atomic E-state index is 9.95. The molecule has 1 unspecified atom stereocenters. The molecule has 0 saturated heterocycles. The topological polar surface area (TPSA) is 49.4 Å². The molecule has 0 aliphatic carbocycles. The first-order chi connectivity index (χ1) is 4.79. The van der Waals surface area contributed by atoms with Gasteiger partial charge in [-0.1, -0.05) is 18.2 Å². The van der Waals surface area contributed by atoms with Crippen LogP contribution in [0.15, 0.2) is 30.3 Å². The molecule has 11 heavy (non-hydrogen) atoms. The quantitative estimate of drug-likeness (QED) is 0.375. The van der Waals surface area contributed by atoms with Crippen LogP contribution in [0.1, 0.15) is 1.43 Å². The van der Waals surface area contributed by atoms with Gasteiger partial charge in [0.25, 0.3) is 0 Å². The van der Waals surface area contributed by atoms with Gasteiger partial charge >= 0.3 is 18.9 Å². The molecular weight excluding hydrogens is 159 g/mol. The van der Waals surface area contributed by atoms with Gasteiger partial charge in [-0.2, -0.15) is 0 Å². The molecule has 5 heteroatoms. The number of rotatable bonds is 2. The van der Waals surface area contributed by atoms with Crippen LogP contribution in [-0.4, -0.2) is 8.76 Å². The van der Waals surface area contributed by atoms with E-state index < -0.39 is 11.4 Å². The Morgan fingerprint density at radius 2 is 1.91 bits per heavy atom. The van der Waals surface area contributed by atoms with Crippen LogP contribution in [0, 0.1) is 0 Å². The minimum atomic E-state index is -2.47. The van der Waals surface area contributed by atoms with Crippen molar-refractivity contribution < 1.29 is 33.2 Å². The van der Waals surface area contributed by atoms with Crippen molar-refractivity contribution >= 4 is 11.4 Å². The van der Waals surface area contributed by atoms with Crippen molar-refractivity contribution in [2.24, 2.45) is 0 Å². The van der Waals surface area contributed by atoms with Crippen molar-refractivity contribution in [2.75, 3.05) is 0 Å². The number of benzene rings is 1. The van der Waals surface area contributed by atoms with Gasteiger partial charge in [0.2, 0.25) is 0 Å². The molecule has 0 aliphatic rings. The second kappa shape index (κ2) is 5.39. The fourth-order valence-corrected chi connectivity index (χ4v) is 0.823. The summed E-state index contributed by atoms with van der Waals surface area (Å²) in [5.74, 6) is 0.329. The normalized spacial score (nSPS) is 11.4. The van der Waals surface area contributed by atoms with Crippen LogP contribution in [0.5, 0.6) is 5.75 Å². The molecule has 56 valence electrons. The van der Waals surface area contributed by atoms with Crippen molar-refractivity contribution in [1.29, 1.82) is 0 Å². The van der Waals surface area contributed by atoms with E-state index >= 15 is 0 Å². The molecule has 0 aliphatic heterocycles. The smallest absolute Gasteiger partial charge is 1.00 e. The number of hydrogen-bond donors (Lipinski definition) is 0. The first kappa shape index (κ1) is 10.7. The van der Waals surface area contributed by atoms with E-state index in [1.807, 2.05) is 0 Å². The van der Waals surface area contributed by atoms with Crippen LogP contribution in [0.4, 0.5) is 0 Å². The fraction of sp³-hybridized carbons (Fsp3) is 0. The molecule has 1 aromatic rings. The van der Waals surface area contributed by atoms with Crippen molar-refractivity contribution in [3.8, 4) is 5.75 Å². The minimum absolute atomic E-state index is 0. The summed E-state index contributed by atoms with van der Waals surface area (Å²) in [5.41, 5.74) is 0. The zero-order chi connectivity index (χ0) is 7.40. The number of hydrogen-bond acceptors (Lipinski definition) is 3. The van der Waals surface area contributed by atoms with Crippen LogP contribution in [0.3, 0.4) is 0 Å². The summed E-state index contributed by atoms with van der Waals surface area (Å²) in [6.45, 7) is 0. The Morgan fingerprint density at radius 3 is 2.36 bits per heavy atom. The van der Waals surface area contributed by atoms with Gasteiger partial charge in [0.05, 0.1) is 0 Å². The van der Waals surface area contributed by atoms with E-state index in [0.717, 1.165) is 0 Å². The minimum Gasteiger partial charge on any atom is -1.00 e. The second-order valence-electron chi connectivity index (χ2n) is 1.60. The molecule has 0 radical (unpaired) electrons. The van der Waals surface area contributed by atoms with Crippen LogP contribution >= 0.6 is 0 Å². The van der Waals surface area contributed by atoms with Crippen molar-refractivity contribution in [3.63, 3.8) is 0 Å². The fourth-order valence-electron chi connectivity index (χ4n) is 0.555. The molecular formula is C6H6LiO3S-. The van der Waals surface area contributed by atoms with Gasteiger partial charge in [0, 0.05) is 0 Å². The van der Waals surface area contributed by atoms with Gasteiger partial charge in [-0.15, -0.1) is 0 Å². The monoisotopic (exact) mass is 165 g/mol. The van der Waals surface area contributed by atoms with E-state index in [4.69, 9.17) is 0 Å². The van der Waals surface area contributed by atoms with Gasteiger partial charge in [-0.3, -0.25) is 0 Å². The first-order valence-electron chi connectivity index (χ1n) is 2.61. The standard InChI is InChI=1S/C6H6O3S.Li.H/c7-10(8)9-6-4-2-1-3-5-6;;/h1-5H,(H,7,8);;/q;+1;-1/p-1. The Bertz CT molecular complexity index is 231. The van der Waals surface area contributed by atoms with E-state index in [-0.39, 0.29) is 20.3 Å². The molecule has 1 atom stereocenters.